The lowest BCUT2D eigenvalue weighted by Crippen LogP contribution is -2.44. The summed E-state index contributed by atoms with van der Waals surface area (Å²) in [7, 11) is -3.79. The van der Waals surface area contributed by atoms with Crippen molar-refractivity contribution < 1.29 is 18.3 Å². The third-order valence-electron chi connectivity index (χ3n) is 2.65. The van der Waals surface area contributed by atoms with E-state index in [4.69, 9.17) is 10.4 Å². The zero-order chi connectivity index (χ0) is 15.3. The first-order chi connectivity index (χ1) is 9.25. The molecule has 0 spiro atoms. The quantitative estimate of drug-likeness (QED) is 0.817. The Bertz CT molecular complexity index is 632. The smallest absolute Gasteiger partial charge is 0.321 e. The predicted molar refractivity (Wildman–Crippen MR) is 73.2 cm³/mol. The van der Waals surface area contributed by atoms with Crippen LogP contribution in [0.3, 0.4) is 0 Å². The lowest BCUT2D eigenvalue weighted by Gasteiger charge is -2.17. The van der Waals surface area contributed by atoms with Crippen LogP contribution in [-0.4, -0.2) is 25.5 Å². The summed E-state index contributed by atoms with van der Waals surface area (Å²) in [6.07, 6.45) is 0. The molecule has 7 heteroatoms. The summed E-state index contributed by atoms with van der Waals surface area (Å²) < 4.78 is 26.1. The number of nitriles is 1. The van der Waals surface area contributed by atoms with Crippen LogP contribution in [0, 0.1) is 17.2 Å². The molecule has 0 fully saturated rings. The zero-order valence-electron chi connectivity index (χ0n) is 11.2. The molecule has 0 aliphatic carbocycles. The summed E-state index contributed by atoms with van der Waals surface area (Å²) >= 11 is 0. The highest BCUT2D eigenvalue weighted by atomic mass is 32.2. The molecule has 1 aromatic carbocycles. The number of hydrogen-bond donors (Lipinski definition) is 2. The summed E-state index contributed by atoms with van der Waals surface area (Å²) in [4.78, 5) is 11.0. The number of aliphatic carboxylic acids is 1. The second kappa shape index (κ2) is 6.50. The van der Waals surface area contributed by atoms with E-state index < -0.39 is 22.0 Å². The van der Waals surface area contributed by atoms with E-state index >= 15 is 0 Å². The molecule has 0 saturated heterocycles. The number of rotatable bonds is 6. The standard InChI is InChI=1S/C13H16N2O4S/c1-9(2)12(13(16)17)15-20(18,19)8-11-5-3-4-10(6-11)7-14/h3-6,9,12,15H,8H2,1-2H3,(H,16,17)/t12-/m1/s1. The van der Waals surface area contributed by atoms with Gasteiger partial charge in [0, 0.05) is 0 Å². The van der Waals surface area contributed by atoms with E-state index in [1.807, 2.05) is 6.07 Å². The molecule has 0 aliphatic rings. The molecular formula is C13H16N2O4S. The summed E-state index contributed by atoms with van der Waals surface area (Å²) in [5.74, 6) is -1.94. The molecule has 1 aromatic rings. The molecule has 0 radical (unpaired) electrons. The van der Waals surface area contributed by atoms with Gasteiger partial charge >= 0.3 is 5.97 Å². The van der Waals surface area contributed by atoms with Crippen molar-refractivity contribution >= 4 is 16.0 Å². The van der Waals surface area contributed by atoms with Crippen molar-refractivity contribution in [2.24, 2.45) is 5.92 Å². The molecule has 0 unspecified atom stereocenters. The SMILES string of the molecule is CC(C)[C@@H](NS(=O)(=O)Cc1cccc(C#N)c1)C(=O)O. The number of carbonyl (C=O) groups is 1. The lowest BCUT2D eigenvalue weighted by atomic mass is 10.1. The molecule has 1 rings (SSSR count). The third kappa shape index (κ3) is 4.64. The minimum absolute atomic E-state index is 0.358. The predicted octanol–water partition coefficient (Wildman–Crippen LogP) is 1.09. The first kappa shape index (κ1) is 16.1. The minimum Gasteiger partial charge on any atom is -0.480 e. The molecule has 6 nitrogen and oxygen atoms in total. The van der Waals surface area contributed by atoms with Gasteiger partial charge in [0.2, 0.25) is 10.0 Å². The lowest BCUT2D eigenvalue weighted by molar-refractivity contribution is -0.140. The van der Waals surface area contributed by atoms with Gasteiger partial charge in [-0.1, -0.05) is 26.0 Å². The molecule has 0 bridgehead atoms. The Morgan fingerprint density at radius 1 is 1.45 bits per heavy atom. The first-order valence-electron chi connectivity index (χ1n) is 5.97. The average Bonchev–Trinajstić information content (AvgIpc) is 2.35. The van der Waals surface area contributed by atoms with Crippen LogP contribution in [0.15, 0.2) is 24.3 Å². The van der Waals surface area contributed by atoms with Crippen LogP contribution in [0.1, 0.15) is 25.0 Å². The summed E-state index contributed by atoms with van der Waals surface area (Å²) in [5.41, 5.74) is 0.792. The Hall–Kier alpha value is -1.91. The fourth-order valence-corrected chi connectivity index (χ4v) is 3.12. The summed E-state index contributed by atoms with van der Waals surface area (Å²) in [6.45, 7) is 3.25. The first-order valence-corrected chi connectivity index (χ1v) is 7.62. The molecule has 0 heterocycles. The van der Waals surface area contributed by atoms with Gasteiger partial charge in [0.15, 0.2) is 0 Å². The van der Waals surface area contributed by atoms with Crippen molar-refractivity contribution in [3.05, 3.63) is 35.4 Å². The van der Waals surface area contributed by atoms with Crippen LogP contribution in [0.4, 0.5) is 0 Å². The van der Waals surface area contributed by atoms with E-state index in [0.717, 1.165) is 0 Å². The number of benzene rings is 1. The van der Waals surface area contributed by atoms with E-state index in [1.165, 1.54) is 6.07 Å². The van der Waals surface area contributed by atoms with Crippen molar-refractivity contribution in [3.8, 4) is 6.07 Å². The van der Waals surface area contributed by atoms with Gasteiger partial charge in [-0.3, -0.25) is 4.79 Å². The molecule has 0 aliphatic heterocycles. The number of nitrogens with one attached hydrogen (secondary N) is 1. The molecule has 2 N–H and O–H groups in total. The van der Waals surface area contributed by atoms with E-state index in [2.05, 4.69) is 4.72 Å². The van der Waals surface area contributed by atoms with Crippen molar-refractivity contribution in [3.63, 3.8) is 0 Å². The molecule has 20 heavy (non-hydrogen) atoms. The summed E-state index contributed by atoms with van der Waals surface area (Å²) in [5, 5.41) is 17.7. The maximum absolute atomic E-state index is 12.0. The van der Waals surface area contributed by atoms with Crippen LogP contribution < -0.4 is 4.72 Å². The maximum atomic E-state index is 12.0. The molecule has 0 saturated carbocycles. The van der Waals surface area contributed by atoms with Gasteiger partial charge < -0.3 is 5.11 Å². The highest BCUT2D eigenvalue weighted by Gasteiger charge is 2.26. The Kier molecular flexibility index (Phi) is 5.25. The molecule has 108 valence electrons. The number of carboxylic acid groups (broad SMARTS) is 1. The number of sulfonamides is 1. The van der Waals surface area contributed by atoms with Gasteiger partial charge in [-0.15, -0.1) is 0 Å². The van der Waals surface area contributed by atoms with Gasteiger partial charge in [-0.25, -0.2) is 13.1 Å². The van der Waals surface area contributed by atoms with E-state index in [0.29, 0.717) is 11.1 Å². The monoisotopic (exact) mass is 296 g/mol. The Morgan fingerprint density at radius 2 is 2.10 bits per heavy atom. The number of nitrogens with zero attached hydrogens (tertiary/aromatic N) is 1. The Labute approximate surface area is 118 Å². The van der Waals surface area contributed by atoms with E-state index in [1.54, 1.807) is 32.0 Å². The fourth-order valence-electron chi connectivity index (χ4n) is 1.66. The van der Waals surface area contributed by atoms with Crippen molar-refractivity contribution in [2.75, 3.05) is 0 Å². The van der Waals surface area contributed by atoms with Crippen LogP contribution in [0.5, 0.6) is 0 Å². The highest BCUT2D eigenvalue weighted by molar-refractivity contribution is 7.88. The third-order valence-corrected chi connectivity index (χ3v) is 3.98. The average molecular weight is 296 g/mol. The van der Waals surface area contributed by atoms with E-state index in [-0.39, 0.29) is 11.7 Å². The molecule has 0 aromatic heterocycles. The normalized spacial score (nSPS) is 12.9. The van der Waals surface area contributed by atoms with Crippen molar-refractivity contribution in [1.82, 2.24) is 4.72 Å². The largest absolute Gasteiger partial charge is 0.480 e. The summed E-state index contributed by atoms with van der Waals surface area (Å²) in [6, 6.07) is 6.94. The Morgan fingerprint density at radius 3 is 2.60 bits per heavy atom. The Balaban J connectivity index is 2.89. The van der Waals surface area contributed by atoms with Crippen LogP contribution in [0.25, 0.3) is 0 Å². The second-order valence-electron chi connectivity index (χ2n) is 4.75. The van der Waals surface area contributed by atoms with E-state index in [9.17, 15) is 13.2 Å². The maximum Gasteiger partial charge on any atom is 0.321 e. The number of hydrogen-bond acceptors (Lipinski definition) is 4. The highest BCUT2D eigenvalue weighted by Crippen LogP contribution is 2.10. The fraction of sp³-hybridized carbons (Fsp3) is 0.385. The van der Waals surface area contributed by atoms with Crippen molar-refractivity contribution in [2.45, 2.75) is 25.6 Å². The van der Waals surface area contributed by atoms with Gasteiger partial charge in [0.1, 0.15) is 6.04 Å². The molecule has 0 amide bonds. The van der Waals surface area contributed by atoms with Gasteiger partial charge in [-0.2, -0.15) is 5.26 Å². The van der Waals surface area contributed by atoms with Crippen LogP contribution >= 0.6 is 0 Å². The topological polar surface area (TPSA) is 107 Å². The number of carboxylic acids is 1. The van der Waals surface area contributed by atoms with Crippen molar-refractivity contribution in [1.29, 1.82) is 5.26 Å². The second-order valence-corrected chi connectivity index (χ2v) is 6.50. The molecule has 1 atom stereocenters. The van der Waals surface area contributed by atoms with Crippen LogP contribution in [0.2, 0.25) is 0 Å². The van der Waals surface area contributed by atoms with Gasteiger partial charge in [0.25, 0.3) is 0 Å². The van der Waals surface area contributed by atoms with Gasteiger partial charge in [-0.05, 0) is 23.6 Å². The zero-order valence-corrected chi connectivity index (χ0v) is 12.0. The molecular weight excluding hydrogens is 280 g/mol. The van der Waals surface area contributed by atoms with Gasteiger partial charge in [0.05, 0.1) is 17.4 Å². The minimum atomic E-state index is -3.79. The van der Waals surface area contributed by atoms with Crippen LogP contribution in [-0.2, 0) is 20.6 Å².